The number of aromatic nitrogens is 2. The largest absolute Gasteiger partial charge is 0.496 e. The van der Waals surface area contributed by atoms with E-state index in [1.54, 1.807) is 32.4 Å². The standard InChI is InChI=1S/C34H36Cl2FN5O4/c1-19(43)15-38-18-26-27(37)13-21(14-29(26)45-2)33-32(36)24(11-12-40-33)23-5-4-6-25(31(23)35)28-9-7-20(34(42-28)46-3)16-39-17-22-8-10-30(44)41-22/h4-7,9,11-14,19,22,38-39,43H,8,10,15-18H2,1-3H3,(H,41,44)/t19-,22-/m0/s1. The van der Waals surface area contributed by atoms with Gasteiger partial charge in [-0.15, -0.1) is 0 Å². The van der Waals surface area contributed by atoms with Crippen molar-refractivity contribution in [3.8, 4) is 45.3 Å². The van der Waals surface area contributed by atoms with Crippen LogP contribution in [0.3, 0.4) is 0 Å². The first-order valence-electron chi connectivity index (χ1n) is 14.9. The molecule has 2 aromatic heterocycles. The van der Waals surface area contributed by atoms with Crippen LogP contribution >= 0.6 is 23.2 Å². The summed E-state index contributed by atoms with van der Waals surface area (Å²) in [6, 6.07) is 14.3. The van der Waals surface area contributed by atoms with E-state index >= 15 is 4.39 Å². The Labute approximate surface area is 277 Å². The Morgan fingerprint density at radius 3 is 2.54 bits per heavy atom. The summed E-state index contributed by atoms with van der Waals surface area (Å²) in [5, 5.41) is 19.6. The van der Waals surface area contributed by atoms with Crippen molar-refractivity contribution in [2.75, 3.05) is 27.3 Å². The van der Waals surface area contributed by atoms with Crippen molar-refractivity contribution in [3.05, 3.63) is 81.7 Å². The molecule has 0 bridgehead atoms. The van der Waals surface area contributed by atoms with Gasteiger partial charge in [0.2, 0.25) is 11.8 Å². The molecular weight excluding hydrogens is 632 g/mol. The summed E-state index contributed by atoms with van der Waals surface area (Å²) in [5.74, 6) is 0.395. The van der Waals surface area contributed by atoms with E-state index < -0.39 is 11.9 Å². The SMILES string of the molecule is COc1cc(-c2nccc(-c3cccc(-c4ccc(CNC[C@@H]5CCC(=O)N5)c(OC)n4)c3Cl)c2Cl)cc(F)c1CNC[C@H](C)O. The molecule has 1 aliphatic rings. The second-order valence-corrected chi connectivity index (χ2v) is 11.9. The molecular formula is C34H36Cl2FN5O4. The Balaban J connectivity index is 1.41. The van der Waals surface area contributed by atoms with Crippen molar-refractivity contribution in [2.24, 2.45) is 0 Å². The first-order chi connectivity index (χ1) is 22.2. The molecule has 1 amide bonds. The second-order valence-electron chi connectivity index (χ2n) is 11.1. The van der Waals surface area contributed by atoms with Crippen LogP contribution in [0.5, 0.6) is 11.6 Å². The van der Waals surface area contributed by atoms with Crippen molar-refractivity contribution >= 4 is 29.1 Å². The topological polar surface area (TPSA) is 118 Å². The Morgan fingerprint density at radius 1 is 1.04 bits per heavy atom. The van der Waals surface area contributed by atoms with Crippen molar-refractivity contribution in [1.29, 1.82) is 0 Å². The molecule has 9 nitrogen and oxygen atoms in total. The molecule has 0 saturated carbocycles. The summed E-state index contributed by atoms with van der Waals surface area (Å²) in [7, 11) is 3.04. The lowest BCUT2D eigenvalue weighted by atomic mass is 9.99. The number of ether oxygens (including phenoxy) is 2. The fourth-order valence-corrected chi connectivity index (χ4v) is 6.09. The predicted molar refractivity (Wildman–Crippen MR) is 178 cm³/mol. The monoisotopic (exact) mass is 667 g/mol. The van der Waals surface area contributed by atoms with Gasteiger partial charge in [0, 0.05) is 78.2 Å². The summed E-state index contributed by atoms with van der Waals surface area (Å²) in [6.45, 7) is 3.32. The van der Waals surface area contributed by atoms with Gasteiger partial charge in [0.15, 0.2) is 0 Å². The average molecular weight is 669 g/mol. The van der Waals surface area contributed by atoms with E-state index in [-0.39, 0.29) is 18.5 Å². The van der Waals surface area contributed by atoms with Gasteiger partial charge in [-0.05, 0) is 37.6 Å². The second kappa shape index (κ2) is 15.2. The van der Waals surface area contributed by atoms with Gasteiger partial charge in [0.1, 0.15) is 11.6 Å². The molecule has 0 radical (unpaired) electrons. The van der Waals surface area contributed by atoms with Crippen molar-refractivity contribution < 1.29 is 23.8 Å². The van der Waals surface area contributed by atoms with E-state index in [1.807, 2.05) is 30.3 Å². The Bertz CT molecular complexity index is 1720. The number of halogens is 3. The zero-order valence-electron chi connectivity index (χ0n) is 25.8. The highest BCUT2D eigenvalue weighted by Gasteiger charge is 2.22. The molecule has 1 aliphatic heterocycles. The van der Waals surface area contributed by atoms with Gasteiger partial charge >= 0.3 is 0 Å². The van der Waals surface area contributed by atoms with E-state index in [2.05, 4.69) is 20.9 Å². The molecule has 242 valence electrons. The van der Waals surface area contributed by atoms with Crippen molar-refractivity contribution in [1.82, 2.24) is 25.9 Å². The number of rotatable bonds is 13. The third-order valence-electron chi connectivity index (χ3n) is 7.77. The maximum Gasteiger partial charge on any atom is 0.220 e. The summed E-state index contributed by atoms with van der Waals surface area (Å²) in [6.07, 6.45) is 2.41. The van der Waals surface area contributed by atoms with Crippen LogP contribution in [-0.2, 0) is 17.9 Å². The van der Waals surface area contributed by atoms with Crippen LogP contribution in [-0.4, -0.2) is 60.4 Å². The number of nitrogens with one attached hydrogen (secondary N) is 3. The third kappa shape index (κ3) is 7.59. The molecule has 12 heteroatoms. The van der Waals surface area contributed by atoms with Crippen LogP contribution in [0.25, 0.3) is 33.6 Å². The highest BCUT2D eigenvalue weighted by atomic mass is 35.5. The highest BCUT2D eigenvalue weighted by molar-refractivity contribution is 6.39. The van der Waals surface area contributed by atoms with Gasteiger partial charge in [-0.1, -0.05) is 47.5 Å². The maximum absolute atomic E-state index is 15.3. The van der Waals surface area contributed by atoms with Crippen LogP contribution < -0.4 is 25.4 Å². The number of pyridine rings is 2. The lowest BCUT2D eigenvalue weighted by Gasteiger charge is -2.16. The van der Waals surface area contributed by atoms with Crippen LogP contribution in [0.4, 0.5) is 4.39 Å². The van der Waals surface area contributed by atoms with Gasteiger partial charge in [-0.2, -0.15) is 0 Å². The number of carbonyl (C=O) groups is 1. The quantitative estimate of drug-likeness (QED) is 0.142. The molecule has 0 aliphatic carbocycles. The molecule has 1 fully saturated rings. The van der Waals surface area contributed by atoms with E-state index in [0.29, 0.717) is 86.9 Å². The van der Waals surface area contributed by atoms with Crippen LogP contribution in [0, 0.1) is 5.82 Å². The smallest absolute Gasteiger partial charge is 0.220 e. The lowest BCUT2D eigenvalue weighted by Crippen LogP contribution is -2.35. The molecule has 5 rings (SSSR count). The lowest BCUT2D eigenvalue weighted by molar-refractivity contribution is -0.119. The Morgan fingerprint density at radius 2 is 1.83 bits per heavy atom. The predicted octanol–water partition coefficient (Wildman–Crippen LogP) is 5.78. The van der Waals surface area contributed by atoms with E-state index in [9.17, 15) is 9.90 Å². The minimum Gasteiger partial charge on any atom is -0.496 e. The molecule has 0 spiro atoms. The number of hydrogen-bond donors (Lipinski definition) is 4. The van der Waals surface area contributed by atoms with Crippen LogP contribution in [0.15, 0.2) is 54.7 Å². The first-order valence-corrected chi connectivity index (χ1v) is 15.7. The van der Waals surface area contributed by atoms with Gasteiger partial charge in [0.05, 0.1) is 41.8 Å². The fraction of sp³-hybridized carbons (Fsp3) is 0.324. The third-order valence-corrected chi connectivity index (χ3v) is 8.56. The molecule has 3 heterocycles. The number of amides is 1. The zero-order valence-corrected chi connectivity index (χ0v) is 27.3. The number of hydrogen-bond acceptors (Lipinski definition) is 8. The molecule has 4 aromatic rings. The number of benzene rings is 2. The Kier molecular flexibility index (Phi) is 11.1. The zero-order chi connectivity index (χ0) is 32.8. The van der Waals surface area contributed by atoms with Gasteiger partial charge in [0.25, 0.3) is 0 Å². The highest BCUT2D eigenvalue weighted by Crippen LogP contribution is 2.42. The average Bonchev–Trinajstić information content (AvgIpc) is 3.46. The molecule has 2 aromatic carbocycles. The van der Waals surface area contributed by atoms with Gasteiger partial charge in [-0.3, -0.25) is 9.78 Å². The molecule has 1 saturated heterocycles. The van der Waals surface area contributed by atoms with E-state index in [0.717, 1.165) is 12.0 Å². The maximum atomic E-state index is 15.3. The minimum absolute atomic E-state index is 0.0836. The van der Waals surface area contributed by atoms with Crippen LogP contribution in [0.1, 0.15) is 30.9 Å². The first kappa shape index (κ1) is 33.6. The Hall–Kier alpha value is -3.80. The summed E-state index contributed by atoms with van der Waals surface area (Å²) in [4.78, 5) is 20.7. The number of nitrogens with zero attached hydrogens (tertiary/aromatic N) is 2. The van der Waals surface area contributed by atoms with Crippen LogP contribution in [0.2, 0.25) is 10.0 Å². The minimum atomic E-state index is -0.567. The normalized spacial score (nSPS) is 15.1. The van der Waals surface area contributed by atoms with E-state index in [4.69, 9.17) is 37.7 Å². The van der Waals surface area contributed by atoms with Crippen molar-refractivity contribution in [3.63, 3.8) is 0 Å². The van der Waals surface area contributed by atoms with Crippen molar-refractivity contribution in [2.45, 2.75) is 45.0 Å². The fourth-order valence-electron chi connectivity index (χ4n) is 5.44. The number of carbonyl (C=O) groups excluding carboxylic acids is 1. The summed E-state index contributed by atoms with van der Waals surface area (Å²) >= 11 is 13.9. The molecule has 0 unspecified atom stereocenters. The molecule has 46 heavy (non-hydrogen) atoms. The summed E-state index contributed by atoms with van der Waals surface area (Å²) in [5.41, 5.74) is 4.60. The number of aliphatic hydroxyl groups is 1. The molecule has 4 N–H and O–H groups in total. The van der Waals surface area contributed by atoms with Gasteiger partial charge < -0.3 is 30.5 Å². The number of aliphatic hydroxyl groups excluding tert-OH is 1. The van der Waals surface area contributed by atoms with Gasteiger partial charge in [-0.25, -0.2) is 9.37 Å². The summed E-state index contributed by atoms with van der Waals surface area (Å²) < 4.78 is 26.4. The van der Waals surface area contributed by atoms with E-state index in [1.165, 1.54) is 13.2 Å². The number of methoxy groups -OCH3 is 2. The molecule has 2 atom stereocenters.